The van der Waals surface area contributed by atoms with Gasteiger partial charge in [0.05, 0.1) is 29.5 Å². The number of nitrogens with zero attached hydrogens (tertiary/aromatic N) is 3. The smallest absolute Gasteiger partial charge is 0.420 e. The highest BCUT2D eigenvalue weighted by molar-refractivity contribution is 5.93. The van der Waals surface area contributed by atoms with Crippen molar-refractivity contribution in [1.29, 1.82) is 0 Å². The molecule has 0 fully saturated rings. The van der Waals surface area contributed by atoms with Crippen molar-refractivity contribution in [2.75, 3.05) is 18.4 Å². The van der Waals surface area contributed by atoms with E-state index >= 15 is 0 Å². The molecule has 1 aromatic heterocycles. The Morgan fingerprint density at radius 3 is 2.44 bits per heavy atom. The van der Waals surface area contributed by atoms with Crippen molar-refractivity contribution in [3.63, 3.8) is 0 Å². The Morgan fingerprint density at radius 2 is 1.79 bits per heavy atom. The highest BCUT2D eigenvalue weighted by Gasteiger charge is 2.54. The molecule has 0 aliphatic heterocycles. The van der Waals surface area contributed by atoms with E-state index in [1.165, 1.54) is 23.0 Å². The summed E-state index contributed by atoms with van der Waals surface area (Å²) in [4.78, 5) is 13.0. The summed E-state index contributed by atoms with van der Waals surface area (Å²) in [5.41, 5.74) is 0.127. The van der Waals surface area contributed by atoms with E-state index in [4.69, 9.17) is 0 Å². The standard InChI is InChI=1S/C29H31F3N4O3/c1-19(2)35(16-21-8-5-4-6-9-21)18-28(39,29(30,31)32)17-33-25-12-20(3)13-26-24(25)15-34-36(26)23-11-7-10-22(14-23)27(37)38/h4-15,19,33,39H,16-18H2,1-3H3,(H,37,38). The van der Waals surface area contributed by atoms with Crippen LogP contribution in [0.5, 0.6) is 0 Å². The number of carbonyl (C=O) groups is 1. The summed E-state index contributed by atoms with van der Waals surface area (Å²) in [5, 5.41) is 28.1. The SMILES string of the molecule is Cc1cc(NCC(O)(CN(Cc2ccccc2)C(C)C)C(F)(F)F)c2cnn(-c3cccc(C(=O)O)c3)c2c1. The first-order chi connectivity index (χ1) is 18.4. The molecule has 4 rings (SSSR count). The lowest BCUT2D eigenvalue weighted by atomic mass is 10.0. The molecule has 1 heterocycles. The molecule has 0 saturated carbocycles. The molecular weight excluding hydrogens is 509 g/mol. The van der Waals surface area contributed by atoms with Crippen LogP contribution in [0.25, 0.3) is 16.6 Å². The molecule has 0 radical (unpaired) electrons. The van der Waals surface area contributed by atoms with E-state index in [1.54, 1.807) is 43.9 Å². The van der Waals surface area contributed by atoms with Gasteiger partial charge in [-0.15, -0.1) is 0 Å². The third-order valence-electron chi connectivity index (χ3n) is 6.69. The van der Waals surface area contributed by atoms with Gasteiger partial charge >= 0.3 is 12.1 Å². The van der Waals surface area contributed by atoms with Gasteiger partial charge in [0, 0.05) is 30.2 Å². The summed E-state index contributed by atoms with van der Waals surface area (Å²) in [5.74, 6) is -1.08. The number of aromatic nitrogens is 2. The summed E-state index contributed by atoms with van der Waals surface area (Å²) in [6.45, 7) is 4.26. The minimum Gasteiger partial charge on any atom is -0.478 e. The molecule has 7 nitrogen and oxygen atoms in total. The van der Waals surface area contributed by atoms with Crippen molar-refractivity contribution >= 4 is 22.6 Å². The molecule has 10 heteroatoms. The molecule has 1 unspecified atom stereocenters. The molecule has 3 N–H and O–H groups in total. The maximum Gasteiger partial charge on any atom is 0.420 e. The Hall–Kier alpha value is -3.89. The molecule has 0 saturated heterocycles. The Balaban J connectivity index is 1.64. The first-order valence-corrected chi connectivity index (χ1v) is 12.5. The first-order valence-electron chi connectivity index (χ1n) is 12.5. The number of alkyl halides is 3. The van der Waals surface area contributed by atoms with Gasteiger partial charge in [0.2, 0.25) is 0 Å². The van der Waals surface area contributed by atoms with E-state index in [9.17, 15) is 28.2 Å². The Bertz CT molecular complexity index is 1450. The van der Waals surface area contributed by atoms with E-state index in [0.717, 1.165) is 11.1 Å². The van der Waals surface area contributed by atoms with Gasteiger partial charge in [-0.25, -0.2) is 9.48 Å². The van der Waals surface area contributed by atoms with Gasteiger partial charge in [-0.1, -0.05) is 36.4 Å². The minimum atomic E-state index is -4.89. The van der Waals surface area contributed by atoms with Crippen LogP contribution in [0.4, 0.5) is 18.9 Å². The van der Waals surface area contributed by atoms with E-state index < -0.39 is 30.8 Å². The molecule has 1 atom stereocenters. The summed E-state index contributed by atoms with van der Waals surface area (Å²) in [7, 11) is 0. The van der Waals surface area contributed by atoms with Crippen LogP contribution < -0.4 is 5.32 Å². The lowest BCUT2D eigenvalue weighted by molar-refractivity contribution is -0.260. The largest absolute Gasteiger partial charge is 0.478 e. The average Bonchev–Trinajstić information content (AvgIpc) is 3.30. The molecule has 0 bridgehead atoms. The third kappa shape index (κ3) is 6.23. The zero-order valence-electron chi connectivity index (χ0n) is 21.9. The van der Waals surface area contributed by atoms with Crippen LogP contribution in [-0.4, -0.2) is 61.8 Å². The monoisotopic (exact) mass is 540 g/mol. The Labute approximate surface area is 224 Å². The quantitative estimate of drug-likeness (QED) is 0.241. The number of fused-ring (bicyclic) bond motifs is 1. The fraction of sp³-hybridized carbons (Fsp3) is 0.310. The third-order valence-corrected chi connectivity index (χ3v) is 6.69. The second kappa shape index (κ2) is 11.1. The zero-order chi connectivity index (χ0) is 28.4. The molecule has 0 aliphatic carbocycles. The Kier molecular flexibility index (Phi) is 7.99. The topological polar surface area (TPSA) is 90.6 Å². The van der Waals surface area contributed by atoms with Gasteiger partial charge in [-0.2, -0.15) is 18.3 Å². The van der Waals surface area contributed by atoms with E-state index in [1.807, 2.05) is 36.4 Å². The van der Waals surface area contributed by atoms with Crippen LogP contribution in [0.3, 0.4) is 0 Å². The fourth-order valence-electron chi connectivity index (χ4n) is 4.45. The number of carboxylic acids is 1. The number of hydrogen-bond acceptors (Lipinski definition) is 5. The van der Waals surface area contributed by atoms with Gasteiger partial charge in [-0.3, -0.25) is 4.90 Å². The molecule has 39 heavy (non-hydrogen) atoms. The number of aromatic carboxylic acids is 1. The van der Waals surface area contributed by atoms with E-state index in [-0.39, 0.29) is 18.2 Å². The summed E-state index contributed by atoms with van der Waals surface area (Å²) >= 11 is 0. The Morgan fingerprint density at radius 1 is 1.08 bits per heavy atom. The molecular formula is C29H31F3N4O3. The lowest BCUT2D eigenvalue weighted by Gasteiger charge is -2.38. The summed E-state index contributed by atoms with van der Waals surface area (Å²) in [6.07, 6.45) is -3.39. The van der Waals surface area contributed by atoms with Gasteiger partial charge in [0.25, 0.3) is 0 Å². The maximum atomic E-state index is 14.3. The van der Waals surface area contributed by atoms with Gasteiger partial charge in [0.15, 0.2) is 5.60 Å². The highest BCUT2D eigenvalue weighted by atomic mass is 19.4. The predicted octanol–water partition coefficient (Wildman–Crippen LogP) is 5.65. The van der Waals surface area contributed by atoms with Gasteiger partial charge in [0.1, 0.15) is 0 Å². The normalized spacial score (nSPS) is 13.7. The summed E-state index contributed by atoms with van der Waals surface area (Å²) in [6, 6.07) is 18.7. The first kappa shape index (κ1) is 28.1. The second-order valence-electron chi connectivity index (χ2n) is 10.0. The van der Waals surface area contributed by atoms with Crippen LogP contribution in [0, 0.1) is 6.92 Å². The number of aliphatic hydroxyl groups is 1. The molecule has 0 spiro atoms. The van der Waals surface area contributed by atoms with Crippen LogP contribution in [0.15, 0.2) is 72.9 Å². The van der Waals surface area contributed by atoms with Crippen molar-refractivity contribution in [2.45, 2.75) is 45.1 Å². The number of carboxylic acid groups (broad SMARTS) is 1. The van der Waals surface area contributed by atoms with Crippen LogP contribution in [0.2, 0.25) is 0 Å². The lowest BCUT2D eigenvalue weighted by Crippen LogP contribution is -2.58. The molecule has 4 aromatic rings. The van der Waals surface area contributed by atoms with Crippen molar-refractivity contribution < 1.29 is 28.2 Å². The number of rotatable bonds is 10. The highest BCUT2D eigenvalue weighted by Crippen LogP contribution is 2.34. The van der Waals surface area contributed by atoms with Crippen molar-refractivity contribution in [1.82, 2.24) is 14.7 Å². The zero-order valence-corrected chi connectivity index (χ0v) is 21.9. The fourth-order valence-corrected chi connectivity index (χ4v) is 4.45. The molecule has 3 aromatic carbocycles. The minimum absolute atomic E-state index is 0.0857. The molecule has 206 valence electrons. The van der Waals surface area contributed by atoms with Crippen LogP contribution >= 0.6 is 0 Å². The van der Waals surface area contributed by atoms with Crippen LogP contribution in [-0.2, 0) is 6.54 Å². The number of nitrogens with one attached hydrogen (secondary N) is 1. The number of hydrogen-bond donors (Lipinski definition) is 3. The maximum absolute atomic E-state index is 14.3. The number of benzene rings is 3. The molecule has 0 aliphatic rings. The van der Waals surface area contributed by atoms with E-state index in [2.05, 4.69) is 10.4 Å². The van der Waals surface area contributed by atoms with Crippen LogP contribution in [0.1, 0.15) is 35.3 Å². The van der Waals surface area contributed by atoms with Crippen molar-refractivity contribution in [3.8, 4) is 5.69 Å². The second-order valence-corrected chi connectivity index (χ2v) is 10.0. The average molecular weight is 541 g/mol. The predicted molar refractivity (Wildman–Crippen MR) is 144 cm³/mol. The summed E-state index contributed by atoms with van der Waals surface area (Å²) < 4.78 is 44.5. The molecule has 0 amide bonds. The number of aryl methyl sites for hydroxylation is 1. The van der Waals surface area contributed by atoms with E-state index in [0.29, 0.717) is 22.3 Å². The van der Waals surface area contributed by atoms with Gasteiger partial charge < -0.3 is 15.5 Å². The van der Waals surface area contributed by atoms with Gasteiger partial charge in [-0.05, 0) is 62.2 Å². The van der Waals surface area contributed by atoms with Crippen molar-refractivity contribution in [3.05, 3.63) is 89.6 Å². The number of halogens is 3. The van der Waals surface area contributed by atoms with Crippen molar-refractivity contribution in [2.24, 2.45) is 0 Å². The number of anilines is 1.